The van der Waals surface area contributed by atoms with Crippen LogP contribution in [-0.4, -0.2) is 41.2 Å². The second-order valence-electron chi connectivity index (χ2n) is 4.15. The van der Waals surface area contributed by atoms with E-state index in [1.165, 1.54) is 0 Å². The van der Waals surface area contributed by atoms with E-state index in [0.29, 0.717) is 24.3 Å². The van der Waals surface area contributed by atoms with E-state index < -0.39 is 0 Å². The van der Waals surface area contributed by atoms with E-state index in [4.69, 9.17) is 4.74 Å². The lowest BCUT2D eigenvalue weighted by atomic mass is 10.4. The molecule has 0 fully saturated rings. The number of ether oxygens (including phenoxy) is 1. The fourth-order valence-corrected chi connectivity index (χ4v) is 1.70. The van der Waals surface area contributed by atoms with E-state index in [9.17, 15) is 0 Å². The first-order chi connectivity index (χ1) is 9.19. The van der Waals surface area contributed by atoms with Crippen LogP contribution < -0.4 is 10.6 Å². The number of rotatable bonds is 9. The standard InChI is InChI=1S/C13H24N4OS/c1-5-14-11-7-12(15-8-10(3)19-4)17-13(16-11)9-18-6-2/h7,10H,5-6,8-9H2,1-4H3,(H2,14,15,16,17). The van der Waals surface area contributed by atoms with Gasteiger partial charge >= 0.3 is 0 Å². The summed E-state index contributed by atoms with van der Waals surface area (Å²) in [5.74, 6) is 2.40. The summed E-state index contributed by atoms with van der Waals surface area (Å²) in [6, 6.07) is 1.94. The average molecular weight is 284 g/mol. The van der Waals surface area contributed by atoms with Gasteiger partial charge in [-0.3, -0.25) is 0 Å². The van der Waals surface area contributed by atoms with Gasteiger partial charge in [-0.05, 0) is 20.1 Å². The number of hydrogen-bond donors (Lipinski definition) is 2. The Kier molecular flexibility index (Phi) is 7.59. The van der Waals surface area contributed by atoms with Crippen molar-refractivity contribution in [2.75, 3.05) is 36.6 Å². The van der Waals surface area contributed by atoms with Crippen LogP contribution in [0.25, 0.3) is 0 Å². The minimum absolute atomic E-state index is 0.447. The van der Waals surface area contributed by atoms with Crippen LogP contribution in [0.2, 0.25) is 0 Å². The lowest BCUT2D eigenvalue weighted by Crippen LogP contribution is -2.15. The Labute approximate surface area is 119 Å². The van der Waals surface area contributed by atoms with Crippen LogP contribution in [0.1, 0.15) is 26.6 Å². The molecule has 0 aliphatic rings. The van der Waals surface area contributed by atoms with Crippen LogP contribution in [0.3, 0.4) is 0 Å². The predicted molar refractivity (Wildman–Crippen MR) is 83.0 cm³/mol. The second kappa shape index (κ2) is 8.98. The van der Waals surface area contributed by atoms with Gasteiger partial charge in [0.2, 0.25) is 0 Å². The highest BCUT2D eigenvalue weighted by molar-refractivity contribution is 7.99. The zero-order chi connectivity index (χ0) is 14.1. The van der Waals surface area contributed by atoms with Crippen molar-refractivity contribution in [3.05, 3.63) is 11.9 Å². The van der Waals surface area contributed by atoms with Gasteiger partial charge < -0.3 is 15.4 Å². The van der Waals surface area contributed by atoms with Crippen molar-refractivity contribution in [3.63, 3.8) is 0 Å². The molecule has 108 valence electrons. The van der Waals surface area contributed by atoms with Crippen molar-refractivity contribution >= 4 is 23.4 Å². The Balaban J connectivity index is 2.73. The highest BCUT2D eigenvalue weighted by atomic mass is 32.2. The molecule has 5 nitrogen and oxygen atoms in total. The van der Waals surface area contributed by atoms with Gasteiger partial charge in [0.05, 0.1) is 0 Å². The van der Waals surface area contributed by atoms with Gasteiger partial charge in [-0.2, -0.15) is 11.8 Å². The maximum absolute atomic E-state index is 5.37. The highest BCUT2D eigenvalue weighted by Gasteiger charge is 2.06. The molecule has 6 heteroatoms. The van der Waals surface area contributed by atoms with Crippen LogP contribution in [-0.2, 0) is 11.3 Å². The maximum atomic E-state index is 5.37. The molecule has 1 aromatic rings. The molecule has 19 heavy (non-hydrogen) atoms. The van der Waals surface area contributed by atoms with E-state index >= 15 is 0 Å². The summed E-state index contributed by atoms with van der Waals surface area (Å²) < 4.78 is 5.37. The molecule has 2 N–H and O–H groups in total. The normalized spacial score (nSPS) is 12.2. The van der Waals surface area contributed by atoms with Gasteiger partial charge in [-0.1, -0.05) is 6.92 Å². The minimum atomic E-state index is 0.447. The first-order valence-corrected chi connectivity index (χ1v) is 7.94. The lowest BCUT2D eigenvalue weighted by Gasteiger charge is -2.13. The average Bonchev–Trinajstić information content (AvgIpc) is 2.42. The largest absolute Gasteiger partial charge is 0.374 e. The van der Waals surface area contributed by atoms with Crippen molar-refractivity contribution in [2.24, 2.45) is 0 Å². The molecule has 0 radical (unpaired) electrons. The molecule has 1 heterocycles. The molecule has 0 aliphatic heterocycles. The van der Waals surface area contributed by atoms with Crippen molar-refractivity contribution in [1.29, 1.82) is 0 Å². The predicted octanol–water partition coefficient (Wildman–Crippen LogP) is 2.61. The molecule has 1 rings (SSSR count). The van der Waals surface area contributed by atoms with Crippen LogP contribution in [0.4, 0.5) is 11.6 Å². The first kappa shape index (κ1) is 16.0. The fraction of sp³-hybridized carbons (Fsp3) is 0.692. The minimum Gasteiger partial charge on any atom is -0.374 e. The SMILES string of the molecule is CCNc1cc(NCC(C)SC)nc(COCC)n1. The first-order valence-electron chi connectivity index (χ1n) is 6.65. The van der Waals surface area contributed by atoms with Gasteiger partial charge in [0.25, 0.3) is 0 Å². The Hall–Kier alpha value is -1.01. The molecule has 0 aliphatic carbocycles. The fourth-order valence-electron chi connectivity index (χ4n) is 1.45. The molecule has 1 aromatic heterocycles. The maximum Gasteiger partial charge on any atom is 0.158 e. The summed E-state index contributed by atoms with van der Waals surface area (Å²) in [4.78, 5) is 8.88. The molecule has 0 amide bonds. The number of nitrogens with one attached hydrogen (secondary N) is 2. The Morgan fingerprint density at radius 2 is 1.95 bits per heavy atom. The zero-order valence-electron chi connectivity index (χ0n) is 12.2. The summed E-state index contributed by atoms with van der Waals surface area (Å²) in [5, 5.41) is 7.11. The van der Waals surface area contributed by atoms with E-state index in [0.717, 1.165) is 24.7 Å². The molecule has 0 saturated carbocycles. The van der Waals surface area contributed by atoms with E-state index in [1.807, 2.05) is 31.7 Å². The Morgan fingerprint density at radius 1 is 1.26 bits per heavy atom. The summed E-state index contributed by atoms with van der Waals surface area (Å²) in [6.07, 6.45) is 2.11. The number of thioether (sulfide) groups is 1. The van der Waals surface area contributed by atoms with Gasteiger partial charge in [0, 0.05) is 31.0 Å². The molecule has 1 unspecified atom stereocenters. The van der Waals surface area contributed by atoms with Crippen molar-refractivity contribution in [1.82, 2.24) is 9.97 Å². The van der Waals surface area contributed by atoms with Crippen LogP contribution in [0.5, 0.6) is 0 Å². The number of aromatic nitrogens is 2. The Morgan fingerprint density at radius 3 is 2.53 bits per heavy atom. The number of anilines is 2. The zero-order valence-corrected chi connectivity index (χ0v) is 13.0. The second-order valence-corrected chi connectivity index (χ2v) is 5.43. The molecule has 0 saturated heterocycles. The third-order valence-electron chi connectivity index (χ3n) is 2.54. The summed E-state index contributed by atoms with van der Waals surface area (Å²) in [7, 11) is 0. The monoisotopic (exact) mass is 284 g/mol. The quantitative estimate of drug-likeness (QED) is 0.727. The molecule has 0 spiro atoms. The van der Waals surface area contributed by atoms with E-state index in [2.05, 4.69) is 33.8 Å². The highest BCUT2D eigenvalue weighted by Crippen LogP contribution is 2.13. The molecule has 1 atom stereocenters. The molecule has 0 bridgehead atoms. The summed E-state index contributed by atoms with van der Waals surface area (Å²) >= 11 is 1.83. The summed E-state index contributed by atoms with van der Waals surface area (Å²) in [6.45, 7) is 9.04. The lowest BCUT2D eigenvalue weighted by molar-refractivity contribution is 0.128. The molecular formula is C13H24N4OS. The van der Waals surface area contributed by atoms with Gasteiger partial charge in [0.1, 0.15) is 18.2 Å². The summed E-state index contributed by atoms with van der Waals surface area (Å²) in [5.41, 5.74) is 0. The Bertz CT molecular complexity index is 376. The molecular weight excluding hydrogens is 260 g/mol. The number of nitrogens with zero attached hydrogens (tertiary/aromatic N) is 2. The molecule has 0 aromatic carbocycles. The smallest absolute Gasteiger partial charge is 0.158 e. The van der Waals surface area contributed by atoms with Gasteiger partial charge in [0.15, 0.2) is 5.82 Å². The van der Waals surface area contributed by atoms with Gasteiger partial charge in [-0.15, -0.1) is 0 Å². The third-order valence-corrected chi connectivity index (χ3v) is 3.51. The van der Waals surface area contributed by atoms with Crippen molar-refractivity contribution in [2.45, 2.75) is 32.6 Å². The van der Waals surface area contributed by atoms with E-state index in [1.54, 1.807) is 0 Å². The van der Waals surface area contributed by atoms with E-state index in [-0.39, 0.29) is 0 Å². The number of hydrogen-bond acceptors (Lipinski definition) is 6. The van der Waals surface area contributed by atoms with Crippen LogP contribution in [0, 0.1) is 0 Å². The van der Waals surface area contributed by atoms with Crippen LogP contribution >= 0.6 is 11.8 Å². The third kappa shape index (κ3) is 6.11. The van der Waals surface area contributed by atoms with Crippen molar-refractivity contribution in [3.8, 4) is 0 Å². The van der Waals surface area contributed by atoms with Crippen molar-refractivity contribution < 1.29 is 4.74 Å². The van der Waals surface area contributed by atoms with Crippen LogP contribution in [0.15, 0.2) is 6.07 Å². The topological polar surface area (TPSA) is 59.1 Å². The van der Waals surface area contributed by atoms with Gasteiger partial charge in [-0.25, -0.2) is 9.97 Å².